The Morgan fingerprint density at radius 1 is 1.60 bits per heavy atom. The fourth-order valence-electron chi connectivity index (χ4n) is 2.04. The summed E-state index contributed by atoms with van der Waals surface area (Å²) < 4.78 is 0. The first-order chi connectivity index (χ1) is 7.18. The summed E-state index contributed by atoms with van der Waals surface area (Å²) in [6, 6.07) is 8.87. The number of carbonyl (C=O) groups excluding carboxylic acids is 1. The second-order valence-corrected chi connectivity index (χ2v) is 4.05. The van der Waals surface area contributed by atoms with Crippen LogP contribution in [0.1, 0.15) is 24.5 Å². The molecule has 0 fully saturated rings. The van der Waals surface area contributed by atoms with Gasteiger partial charge in [0.25, 0.3) is 0 Å². The van der Waals surface area contributed by atoms with Crippen LogP contribution >= 0.6 is 0 Å². The first kappa shape index (κ1) is 10.0. The fraction of sp³-hybridized carbons (Fsp3) is 0.417. The van der Waals surface area contributed by atoms with E-state index in [2.05, 4.69) is 6.07 Å². The van der Waals surface area contributed by atoms with Gasteiger partial charge in [-0.1, -0.05) is 18.2 Å². The van der Waals surface area contributed by atoms with Crippen molar-refractivity contribution in [2.24, 2.45) is 5.73 Å². The number of hydrogen-bond donors (Lipinski definition) is 1. The number of rotatable bonds is 0. The van der Waals surface area contributed by atoms with E-state index in [9.17, 15) is 4.79 Å². The summed E-state index contributed by atoms with van der Waals surface area (Å²) in [6.07, 6.45) is 1.96. The van der Waals surface area contributed by atoms with Crippen molar-refractivity contribution in [2.75, 3.05) is 0 Å². The first-order valence-corrected chi connectivity index (χ1v) is 5.22. The molecule has 15 heavy (non-hydrogen) atoms. The Bertz CT molecular complexity index is 376. The highest BCUT2D eigenvalue weighted by molar-refractivity contribution is 5.72. The van der Waals surface area contributed by atoms with Gasteiger partial charge < -0.3 is 10.6 Å². The Balaban J connectivity index is 2.31. The van der Waals surface area contributed by atoms with Crippen molar-refractivity contribution in [3.63, 3.8) is 0 Å². The van der Waals surface area contributed by atoms with E-state index < -0.39 is 0 Å². The molecule has 1 atom stereocenters. The van der Waals surface area contributed by atoms with E-state index in [1.807, 2.05) is 25.1 Å². The van der Waals surface area contributed by atoms with E-state index in [1.165, 1.54) is 11.1 Å². The number of benzene rings is 1. The zero-order valence-electron chi connectivity index (χ0n) is 8.86. The zero-order valence-corrected chi connectivity index (χ0v) is 8.86. The van der Waals surface area contributed by atoms with Crippen LogP contribution in [0.25, 0.3) is 0 Å². The number of amides is 2. The highest BCUT2D eigenvalue weighted by Crippen LogP contribution is 2.21. The number of nitrogens with zero attached hydrogens (tertiary/aromatic N) is 1. The summed E-state index contributed by atoms with van der Waals surface area (Å²) in [4.78, 5) is 13.0. The van der Waals surface area contributed by atoms with Crippen molar-refractivity contribution >= 4 is 6.03 Å². The van der Waals surface area contributed by atoms with Gasteiger partial charge in [0.05, 0.1) is 0 Å². The SMILES string of the molecule is CC1CCc2c[c]ccc2CN1C(N)=O. The Labute approximate surface area is 89.9 Å². The van der Waals surface area contributed by atoms with Crippen molar-refractivity contribution < 1.29 is 4.79 Å². The molecule has 2 N–H and O–H groups in total. The molecule has 0 aliphatic carbocycles. The van der Waals surface area contributed by atoms with Gasteiger partial charge in [-0.25, -0.2) is 4.79 Å². The molecule has 0 bridgehead atoms. The van der Waals surface area contributed by atoms with Crippen molar-refractivity contribution in [1.29, 1.82) is 0 Å². The molecule has 3 nitrogen and oxygen atoms in total. The molecule has 3 heteroatoms. The fourth-order valence-corrected chi connectivity index (χ4v) is 2.04. The van der Waals surface area contributed by atoms with Gasteiger partial charge in [0.1, 0.15) is 0 Å². The quantitative estimate of drug-likeness (QED) is 0.685. The summed E-state index contributed by atoms with van der Waals surface area (Å²) in [5, 5.41) is 0. The molecule has 79 valence electrons. The van der Waals surface area contributed by atoms with E-state index in [0.717, 1.165) is 12.8 Å². The van der Waals surface area contributed by atoms with Gasteiger partial charge in [-0.15, -0.1) is 0 Å². The molecule has 0 saturated heterocycles. The van der Waals surface area contributed by atoms with Gasteiger partial charge in [0.15, 0.2) is 0 Å². The largest absolute Gasteiger partial charge is 0.351 e. The molecular weight excluding hydrogens is 188 g/mol. The van der Waals surface area contributed by atoms with Crippen LogP contribution in [0, 0.1) is 6.07 Å². The Morgan fingerprint density at radius 3 is 3.13 bits per heavy atom. The molecule has 1 heterocycles. The van der Waals surface area contributed by atoms with Crippen LogP contribution in [0.4, 0.5) is 4.79 Å². The van der Waals surface area contributed by atoms with Crippen LogP contribution in [0.5, 0.6) is 0 Å². The normalized spacial score (nSPS) is 20.6. The van der Waals surface area contributed by atoms with Gasteiger partial charge in [-0.3, -0.25) is 0 Å². The molecule has 1 unspecified atom stereocenters. The number of primary amides is 1. The molecule has 1 aromatic rings. The van der Waals surface area contributed by atoms with Crippen LogP contribution in [-0.4, -0.2) is 17.0 Å². The van der Waals surface area contributed by atoms with Gasteiger partial charge >= 0.3 is 6.03 Å². The van der Waals surface area contributed by atoms with Crippen LogP contribution in [0.15, 0.2) is 18.2 Å². The Morgan fingerprint density at radius 2 is 2.40 bits per heavy atom. The Kier molecular flexibility index (Phi) is 2.62. The average molecular weight is 203 g/mol. The topological polar surface area (TPSA) is 46.3 Å². The molecule has 0 saturated carbocycles. The summed E-state index contributed by atoms with van der Waals surface area (Å²) in [5.41, 5.74) is 7.84. The summed E-state index contributed by atoms with van der Waals surface area (Å²) in [7, 11) is 0. The van der Waals surface area contributed by atoms with Crippen LogP contribution in [-0.2, 0) is 13.0 Å². The predicted molar refractivity (Wildman–Crippen MR) is 58.2 cm³/mol. The van der Waals surface area contributed by atoms with E-state index in [1.54, 1.807) is 4.90 Å². The lowest BCUT2D eigenvalue weighted by Gasteiger charge is -2.25. The minimum atomic E-state index is -0.330. The molecule has 0 spiro atoms. The highest BCUT2D eigenvalue weighted by atomic mass is 16.2. The van der Waals surface area contributed by atoms with Gasteiger partial charge in [0, 0.05) is 12.6 Å². The lowest BCUT2D eigenvalue weighted by atomic mass is 10.0. The number of carbonyl (C=O) groups is 1. The van der Waals surface area contributed by atoms with Crippen molar-refractivity contribution in [1.82, 2.24) is 4.90 Å². The summed E-state index contributed by atoms with van der Waals surface area (Å²) in [5.74, 6) is 0. The number of urea groups is 1. The maximum Gasteiger partial charge on any atom is 0.315 e. The van der Waals surface area contributed by atoms with Crippen molar-refractivity contribution in [3.8, 4) is 0 Å². The number of aryl methyl sites for hydroxylation is 1. The number of hydrogen-bond acceptors (Lipinski definition) is 1. The number of fused-ring (bicyclic) bond motifs is 1. The molecule has 0 aromatic heterocycles. The smallest absolute Gasteiger partial charge is 0.315 e. The van der Waals surface area contributed by atoms with E-state index in [-0.39, 0.29) is 12.1 Å². The van der Waals surface area contributed by atoms with Crippen LogP contribution < -0.4 is 5.73 Å². The summed E-state index contributed by atoms with van der Waals surface area (Å²) >= 11 is 0. The average Bonchev–Trinajstić information content (AvgIpc) is 2.39. The highest BCUT2D eigenvalue weighted by Gasteiger charge is 2.22. The molecule has 1 aliphatic heterocycles. The minimum absolute atomic E-state index is 0.217. The molecule has 2 amide bonds. The van der Waals surface area contributed by atoms with E-state index >= 15 is 0 Å². The zero-order chi connectivity index (χ0) is 10.8. The van der Waals surface area contributed by atoms with Gasteiger partial charge in [-0.2, -0.15) is 0 Å². The van der Waals surface area contributed by atoms with Crippen LogP contribution in [0.2, 0.25) is 0 Å². The van der Waals surface area contributed by atoms with Crippen molar-refractivity contribution in [2.45, 2.75) is 32.4 Å². The maximum absolute atomic E-state index is 11.3. The number of nitrogens with two attached hydrogens (primary N) is 1. The molecule has 1 aliphatic rings. The minimum Gasteiger partial charge on any atom is -0.351 e. The second-order valence-electron chi connectivity index (χ2n) is 4.05. The molecule has 1 aromatic carbocycles. The monoisotopic (exact) mass is 203 g/mol. The van der Waals surface area contributed by atoms with Crippen molar-refractivity contribution in [3.05, 3.63) is 35.4 Å². The molecular formula is C12H15N2O. The third-order valence-electron chi connectivity index (χ3n) is 3.04. The molecule has 1 radical (unpaired) electrons. The van der Waals surface area contributed by atoms with Gasteiger partial charge in [0.2, 0.25) is 0 Å². The Hall–Kier alpha value is -1.51. The third kappa shape index (κ3) is 1.96. The maximum atomic E-state index is 11.3. The summed E-state index contributed by atoms with van der Waals surface area (Å²) in [6.45, 7) is 2.67. The second kappa shape index (κ2) is 3.93. The van der Waals surface area contributed by atoms with Crippen LogP contribution in [0.3, 0.4) is 0 Å². The predicted octanol–water partition coefficient (Wildman–Crippen LogP) is 1.70. The van der Waals surface area contributed by atoms with E-state index in [4.69, 9.17) is 5.73 Å². The molecule has 2 rings (SSSR count). The lowest BCUT2D eigenvalue weighted by molar-refractivity contribution is 0.184. The lowest BCUT2D eigenvalue weighted by Crippen LogP contribution is -2.40. The van der Waals surface area contributed by atoms with Gasteiger partial charge in [-0.05, 0) is 37.0 Å². The van der Waals surface area contributed by atoms with E-state index in [0.29, 0.717) is 6.54 Å². The first-order valence-electron chi connectivity index (χ1n) is 5.22. The standard InChI is InChI=1S/C12H15N2O/c1-9-6-7-10-4-2-3-5-11(10)8-14(9)12(13)15/h3-5,9H,6-8H2,1H3,(H2,13,15). The third-order valence-corrected chi connectivity index (χ3v) is 3.04.